The van der Waals surface area contributed by atoms with Crippen LogP contribution in [0.3, 0.4) is 0 Å². The number of aromatic nitrogens is 2. The van der Waals surface area contributed by atoms with Crippen molar-refractivity contribution in [2.75, 3.05) is 20.2 Å². The Morgan fingerprint density at radius 3 is 2.70 bits per heavy atom. The summed E-state index contributed by atoms with van der Waals surface area (Å²) in [7, 11) is 1.66. The molecule has 0 radical (unpaired) electrons. The number of nitrogens with zero attached hydrogens (tertiary/aromatic N) is 3. The number of methoxy groups -OCH3 is 1. The van der Waals surface area contributed by atoms with Gasteiger partial charge in [-0.2, -0.15) is 0 Å². The third-order valence-electron chi connectivity index (χ3n) is 5.93. The molecule has 0 atom stereocenters. The average Bonchev–Trinajstić information content (AvgIpc) is 3.47. The Kier molecular flexibility index (Phi) is 5.19. The third-order valence-corrected chi connectivity index (χ3v) is 5.93. The molecule has 1 aliphatic carbocycles. The molecule has 1 saturated carbocycles. The molecule has 4 rings (SSSR count). The first-order valence-corrected chi connectivity index (χ1v) is 10.1. The summed E-state index contributed by atoms with van der Waals surface area (Å²) >= 11 is 0. The Labute approximate surface area is 161 Å². The second-order valence-electron chi connectivity index (χ2n) is 8.00. The van der Waals surface area contributed by atoms with Crippen molar-refractivity contribution in [3.8, 4) is 5.75 Å². The van der Waals surface area contributed by atoms with Crippen LogP contribution >= 0.6 is 0 Å². The van der Waals surface area contributed by atoms with Gasteiger partial charge >= 0.3 is 0 Å². The monoisotopic (exact) mass is 367 g/mol. The van der Waals surface area contributed by atoms with Gasteiger partial charge in [-0.05, 0) is 56.2 Å². The van der Waals surface area contributed by atoms with Crippen LogP contribution in [-0.2, 0) is 17.8 Å². The van der Waals surface area contributed by atoms with Crippen LogP contribution in [0.1, 0.15) is 48.7 Å². The largest absolute Gasteiger partial charge is 0.497 e. The van der Waals surface area contributed by atoms with E-state index >= 15 is 0 Å². The van der Waals surface area contributed by atoms with E-state index in [0.29, 0.717) is 18.3 Å². The molecule has 27 heavy (non-hydrogen) atoms. The maximum absolute atomic E-state index is 12.7. The SMILES string of the molecule is COc1cccc(CC(=O)N2CCC(Cn3c(C)cnc3C3CC3)CC2)c1. The molecule has 1 saturated heterocycles. The smallest absolute Gasteiger partial charge is 0.226 e. The number of carbonyl (C=O) groups is 1. The van der Waals surface area contributed by atoms with Gasteiger partial charge in [-0.3, -0.25) is 4.79 Å². The summed E-state index contributed by atoms with van der Waals surface area (Å²) in [4.78, 5) is 19.3. The lowest BCUT2D eigenvalue weighted by Gasteiger charge is -2.32. The number of carbonyl (C=O) groups excluding carboxylic acids is 1. The molecule has 144 valence electrons. The Morgan fingerprint density at radius 1 is 1.22 bits per heavy atom. The number of hydrogen-bond donors (Lipinski definition) is 0. The zero-order valence-electron chi connectivity index (χ0n) is 16.4. The van der Waals surface area contributed by atoms with E-state index in [1.807, 2.05) is 35.4 Å². The van der Waals surface area contributed by atoms with Gasteiger partial charge in [0.2, 0.25) is 5.91 Å². The second-order valence-corrected chi connectivity index (χ2v) is 8.00. The van der Waals surface area contributed by atoms with Crippen LogP contribution in [0.2, 0.25) is 0 Å². The molecule has 0 bridgehead atoms. The van der Waals surface area contributed by atoms with Crippen LogP contribution in [0.5, 0.6) is 5.75 Å². The number of ether oxygens (including phenoxy) is 1. The minimum absolute atomic E-state index is 0.221. The molecular weight excluding hydrogens is 338 g/mol. The molecule has 2 fully saturated rings. The second kappa shape index (κ2) is 7.75. The Hall–Kier alpha value is -2.30. The molecule has 5 nitrogen and oxygen atoms in total. The molecule has 1 aliphatic heterocycles. The highest BCUT2D eigenvalue weighted by atomic mass is 16.5. The normalized spacial score (nSPS) is 17.9. The standard InChI is InChI=1S/C22H29N3O2/c1-16-14-23-22(19-6-7-19)25(16)15-17-8-10-24(11-9-17)21(26)13-18-4-3-5-20(12-18)27-2/h3-5,12,14,17,19H,6-11,13,15H2,1-2H3. The van der Waals surface area contributed by atoms with E-state index in [4.69, 9.17) is 4.74 Å². The Balaban J connectivity index is 1.31. The lowest BCUT2D eigenvalue weighted by atomic mass is 9.96. The fraction of sp³-hybridized carbons (Fsp3) is 0.545. The molecule has 2 aromatic rings. The minimum atomic E-state index is 0.221. The number of benzene rings is 1. The summed E-state index contributed by atoms with van der Waals surface area (Å²) in [5.74, 6) is 3.63. The molecule has 1 aromatic heterocycles. The van der Waals surface area contributed by atoms with Crippen molar-refractivity contribution in [1.29, 1.82) is 0 Å². The number of amides is 1. The third kappa shape index (κ3) is 4.18. The van der Waals surface area contributed by atoms with E-state index in [-0.39, 0.29) is 5.91 Å². The van der Waals surface area contributed by atoms with Gasteiger partial charge in [-0.1, -0.05) is 12.1 Å². The van der Waals surface area contributed by atoms with E-state index in [0.717, 1.165) is 43.8 Å². The number of aryl methyl sites for hydroxylation is 1. The Bertz CT molecular complexity index is 802. The summed E-state index contributed by atoms with van der Waals surface area (Å²) in [6, 6.07) is 7.80. The number of piperidine rings is 1. The molecule has 1 amide bonds. The number of hydrogen-bond acceptors (Lipinski definition) is 3. The van der Waals surface area contributed by atoms with Gasteiger partial charge in [0.15, 0.2) is 0 Å². The molecule has 0 unspecified atom stereocenters. The van der Waals surface area contributed by atoms with Crippen LogP contribution in [0.4, 0.5) is 0 Å². The molecule has 0 N–H and O–H groups in total. The van der Waals surface area contributed by atoms with Crippen LogP contribution in [0, 0.1) is 12.8 Å². The quantitative estimate of drug-likeness (QED) is 0.784. The van der Waals surface area contributed by atoms with Gasteiger partial charge in [-0.25, -0.2) is 4.98 Å². The highest BCUT2D eigenvalue weighted by Crippen LogP contribution is 2.40. The van der Waals surface area contributed by atoms with E-state index in [1.165, 1.54) is 24.4 Å². The van der Waals surface area contributed by atoms with Gasteiger partial charge in [-0.15, -0.1) is 0 Å². The first-order valence-electron chi connectivity index (χ1n) is 10.1. The van der Waals surface area contributed by atoms with Crippen LogP contribution in [0.25, 0.3) is 0 Å². The van der Waals surface area contributed by atoms with E-state index < -0.39 is 0 Å². The zero-order valence-corrected chi connectivity index (χ0v) is 16.4. The van der Waals surface area contributed by atoms with E-state index in [9.17, 15) is 4.79 Å². The van der Waals surface area contributed by atoms with Crippen LogP contribution in [0.15, 0.2) is 30.5 Å². The summed E-state index contributed by atoms with van der Waals surface area (Å²) < 4.78 is 7.68. The molecule has 2 heterocycles. The first kappa shape index (κ1) is 18.1. The predicted molar refractivity (Wildman–Crippen MR) is 105 cm³/mol. The van der Waals surface area contributed by atoms with Gasteiger partial charge in [0.25, 0.3) is 0 Å². The lowest BCUT2D eigenvalue weighted by Crippen LogP contribution is -2.40. The van der Waals surface area contributed by atoms with Crippen molar-refractivity contribution in [2.24, 2.45) is 5.92 Å². The highest BCUT2D eigenvalue weighted by molar-refractivity contribution is 5.79. The first-order chi connectivity index (χ1) is 13.1. The van der Waals surface area contributed by atoms with Crippen LogP contribution < -0.4 is 4.74 Å². The van der Waals surface area contributed by atoms with Crippen molar-refractivity contribution in [3.63, 3.8) is 0 Å². The zero-order chi connectivity index (χ0) is 18.8. The van der Waals surface area contributed by atoms with Gasteiger partial charge < -0.3 is 14.2 Å². The molecule has 5 heteroatoms. The molecule has 1 aromatic carbocycles. The number of likely N-dealkylation sites (tertiary alicyclic amines) is 1. The van der Waals surface area contributed by atoms with Crippen molar-refractivity contribution < 1.29 is 9.53 Å². The van der Waals surface area contributed by atoms with Crippen molar-refractivity contribution in [2.45, 2.75) is 51.5 Å². The molecular formula is C22H29N3O2. The average molecular weight is 367 g/mol. The summed E-state index contributed by atoms with van der Waals surface area (Å²) in [6.45, 7) is 4.93. The van der Waals surface area contributed by atoms with E-state index in [2.05, 4.69) is 16.5 Å². The molecule has 2 aliphatic rings. The fourth-order valence-corrected chi connectivity index (χ4v) is 4.08. The van der Waals surface area contributed by atoms with Gasteiger partial charge in [0, 0.05) is 37.4 Å². The topological polar surface area (TPSA) is 47.4 Å². The van der Waals surface area contributed by atoms with E-state index in [1.54, 1.807) is 7.11 Å². The fourth-order valence-electron chi connectivity index (χ4n) is 4.08. The summed E-state index contributed by atoms with van der Waals surface area (Å²) in [6.07, 6.45) is 7.19. The van der Waals surface area contributed by atoms with Crippen molar-refractivity contribution >= 4 is 5.91 Å². The number of imidazole rings is 1. The highest BCUT2D eigenvalue weighted by Gasteiger charge is 2.30. The van der Waals surface area contributed by atoms with Gasteiger partial charge in [0.05, 0.1) is 13.5 Å². The minimum Gasteiger partial charge on any atom is -0.497 e. The van der Waals surface area contributed by atoms with Crippen molar-refractivity contribution in [3.05, 3.63) is 47.5 Å². The number of rotatable bonds is 6. The Morgan fingerprint density at radius 2 is 2.00 bits per heavy atom. The maximum Gasteiger partial charge on any atom is 0.226 e. The summed E-state index contributed by atoms with van der Waals surface area (Å²) in [5.41, 5.74) is 2.29. The summed E-state index contributed by atoms with van der Waals surface area (Å²) in [5, 5.41) is 0. The maximum atomic E-state index is 12.7. The predicted octanol–water partition coefficient (Wildman–Crippen LogP) is 3.56. The van der Waals surface area contributed by atoms with Crippen molar-refractivity contribution in [1.82, 2.24) is 14.5 Å². The van der Waals surface area contributed by atoms with Gasteiger partial charge in [0.1, 0.15) is 11.6 Å². The van der Waals surface area contributed by atoms with Crippen LogP contribution in [-0.4, -0.2) is 40.6 Å². The lowest BCUT2D eigenvalue weighted by molar-refractivity contribution is -0.131. The molecule has 0 spiro atoms.